The van der Waals surface area contributed by atoms with Gasteiger partial charge in [0.2, 0.25) is 11.8 Å². The van der Waals surface area contributed by atoms with E-state index in [1.54, 1.807) is 0 Å². The first-order valence-corrected chi connectivity index (χ1v) is 14.0. The molecule has 0 saturated carbocycles. The number of aryl methyl sites for hydroxylation is 1. The van der Waals surface area contributed by atoms with E-state index in [1.807, 2.05) is 18.2 Å². The number of rotatable bonds is 18. The van der Waals surface area contributed by atoms with E-state index >= 15 is 0 Å². The second-order valence-electron chi connectivity index (χ2n) is 10.3. The molecule has 12 heteroatoms. The Bertz CT molecular complexity index is 859. The average molecular weight is 571 g/mol. The number of unbranched alkanes of at least 4 members (excludes halogenated alkanes) is 3. The Morgan fingerprint density at radius 2 is 1.68 bits per heavy atom. The van der Waals surface area contributed by atoms with Crippen LogP contribution in [-0.2, 0) is 25.5 Å². The van der Waals surface area contributed by atoms with Crippen molar-refractivity contribution in [1.29, 1.82) is 0 Å². The van der Waals surface area contributed by atoms with E-state index in [1.165, 1.54) is 12.5 Å². The highest BCUT2D eigenvalue weighted by atomic mass is 16.7. The molecule has 0 aromatic heterocycles. The topological polar surface area (TPSA) is 198 Å². The van der Waals surface area contributed by atoms with Crippen LogP contribution < -0.4 is 10.6 Å². The number of carbonyl (C=O) groups is 2. The van der Waals surface area contributed by atoms with E-state index in [0.717, 1.165) is 32.1 Å². The van der Waals surface area contributed by atoms with Gasteiger partial charge >= 0.3 is 0 Å². The van der Waals surface area contributed by atoms with Crippen LogP contribution in [0.15, 0.2) is 30.3 Å². The van der Waals surface area contributed by atoms with Gasteiger partial charge in [-0.3, -0.25) is 9.59 Å². The van der Waals surface area contributed by atoms with Crippen molar-refractivity contribution in [2.24, 2.45) is 0 Å². The lowest BCUT2D eigenvalue weighted by Crippen LogP contribution is -2.60. The van der Waals surface area contributed by atoms with Crippen molar-refractivity contribution in [3.05, 3.63) is 35.9 Å². The second kappa shape index (κ2) is 18.3. The molecule has 2 amide bonds. The van der Waals surface area contributed by atoms with Gasteiger partial charge in [-0.05, 0) is 37.7 Å². The molecule has 0 bridgehead atoms. The predicted octanol–water partition coefficient (Wildman–Crippen LogP) is -0.881. The van der Waals surface area contributed by atoms with Crippen molar-refractivity contribution >= 4 is 11.8 Å². The van der Waals surface area contributed by atoms with Crippen molar-refractivity contribution in [1.82, 2.24) is 10.6 Å². The quantitative estimate of drug-likeness (QED) is 0.103. The van der Waals surface area contributed by atoms with Crippen LogP contribution in [0.5, 0.6) is 0 Å². The Kier molecular flexibility index (Phi) is 15.6. The lowest BCUT2D eigenvalue weighted by atomic mass is 9.99. The summed E-state index contributed by atoms with van der Waals surface area (Å²) in [6.07, 6.45) is -4.52. The average Bonchev–Trinajstić information content (AvgIpc) is 2.94. The lowest BCUT2D eigenvalue weighted by Gasteiger charge is -2.40. The molecule has 12 nitrogen and oxygen atoms in total. The molecule has 8 N–H and O–H groups in total. The normalized spacial score (nSPS) is 25.1. The van der Waals surface area contributed by atoms with Crippen LogP contribution in [-0.4, -0.2) is 111 Å². The Hall–Kier alpha value is -2.16. The molecule has 1 aliphatic heterocycles. The van der Waals surface area contributed by atoms with Crippen molar-refractivity contribution in [2.75, 3.05) is 19.8 Å². The molecular weight excluding hydrogens is 524 g/mol. The predicted molar refractivity (Wildman–Crippen MR) is 145 cm³/mol. The van der Waals surface area contributed by atoms with Gasteiger partial charge in [0.15, 0.2) is 6.29 Å². The molecule has 1 aliphatic rings. The summed E-state index contributed by atoms with van der Waals surface area (Å²) in [6, 6.07) is 9.21. The van der Waals surface area contributed by atoms with E-state index < -0.39 is 68.1 Å². The maximum Gasteiger partial charge on any atom is 0.219 e. The highest BCUT2D eigenvalue weighted by Crippen LogP contribution is 2.22. The Morgan fingerprint density at radius 3 is 2.35 bits per heavy atom. The summed E-state index contributed by atoms with van der Waals surface area (Å²) < 4.78 is 10.7. The standard InChI is InChI=1S/C28H46N2O10/c1-18(32)30-20(17-39-28-27(38)26(37)25(36)22(16-31)40-28)24(35)21(33)13-9-14-23(34)29-15-8-3-2-5-10-19-11-6-4-7-12-19/h4,6-7,11-12,20-22,24-28,31,33,35-38H,2-3,5,8-10,13-17H2,1H3,(H,29,34)(H,30,32)/t20-,21+,22?,24-,25-,26?,27-,28-/m0/s1. The molecule has 2 rings (SSSR count). The fraction of sp³-hybridized carbons (Fsp3) is 0.714. The van der Waals surface area contributed by atoms with Crippen molar-refractivity contribution in [3.63, 3.8) is 0 Å². The summed E-state index contributed by atoms with van der Waals surface area (Å²) in [4.78, 5) is 23.8. The van der Waals surface area contributed by atoms with Gasteiger partial charge in [-0.25, -0.2) is 0 Å². The van der Waals surface area contributed by atoms with Crippen molar-refractivity contribution in [3.8, 4) is 0 Å². The minimum absolute atomic E-state index is 0.0875. The molecule has 0 spiro atoms. The van der Waals surface area contributed by atoms with Crippen LogP contribution in [0.1, 0.15) is 57.4 Å². The highest BCUT2D eigenvalue weighted by Gasteiger charge is 2.44. The molecule has 1 aromatic carbocycles. The van der Waals surface area contributed by atoms with Gasteiger partial charge in [0.25, 0.3) is 0 Å². The summed E-state index contributed by atoms with van der Waals surface area (Å²) in [5.41, 5.74) is 1.33. The molecule has 2 unspecified atom stereocenters. The van der Waals surface area contributed by atoms with Gasteiger partial charge in [-0.1, -0.05) is 43.2 Å². The van der Waals surface area contributed by atoms with Crippen LogP contribution in [0.3, 0.4) is 0 Å². The number of amides is 2. The Morgan fingerprint density at radius 1 is 0.975 bits per heavy atom. The van der Waals surface area contributed by atoms with E-state index in [-0.39, 0.29) is 18.7 Å². The van der Waals surface area contributed by atoms with Crippen LogP contribution in [0.25, 0.3) is 0 Å². The van der Waals surface area contributed by atoms with E-state index in [0.29, 0.717) is 13.0 Å². The summed E-state index contributed by atoms with van der Waals surface area (Å²) in [6.45, 7) is 0.749. The van der Waals surface area contributed by atoms with Gasteiger partial charge in [-0.2, -0.15) is 0 Å². The molecule has 40 heavy (non-hydrogen) atoms. The molecular formula is C28H46N2O10. The molecule has 0 aliphatic carbocycles. The lowest BCUT2D eigenvalue weighted by molar-refractivity contribution is -0.303. The first-order valence-electron chi connectivity index (χ1n) is 14.0. The number of hydrogen-bond donors (Lipinski definition) is 8. The van der Waals surface area contributed by atoms with E-state index in [4.69, 9.17) is 9.47 Å². The number of ether oxygens (including phenoxy) is 2. The third-order valence-corrected chi connectivity index (χ3v) is 6.94. The maximum atomic E-state index is 12.1. The maximum absolute atomic E-state index is 12.1. The summed E-state index contributed by atoms with van der Waals surface area (Å²) >= 11 is 0. The summed E-state index contributed by atoms with van der Waals surface area (Å²) in [7, 11) is 0. The number of benzene rings is 1. The third-order valence-electron chi connectivity index (χ3n) is 6.94. The minimum atomic E-state index is -1.65. The Balaban J connectivity index is 1.66. The number of hydrogen-bond acceptors (Lipinski definition) is 10. The van der Waals surface area contributed by atoms with Gasteiger partial charge in [0, 0.05) is 19.9 Å². The molecule has 1 aromatic rings. The number of aliphatic hydroxyl groups is 6. The zero-order valence-corrected chi connectivity index (χ0v) is 23.1. The summed E-state index contributed by atoms with van der Waals surface area (Å²) in [5, 5.41) is 65.6. The van der Waals surface area contributed by atoms with Crippen LogP contribution >= 0.6 is 0 Å². The first kappa shape index (κ1) is 34.0. The molecule has 1 heterocycles. The zero-order valence-electron chi connectivity index (χ0n) is 23.1. The monoisotopic (exact) mass is 570 g/mol. The molecule has 8 atom stereocenters. The fourth-order valence-corrected chi connectivity index (χ4v) is 4.57. The highest BCUT2D eigenvalue weighted by molar-refractivity contribution is 5.75. The second-order valence-corrected chi connectivity index (χ2v) is 10.3. The van der Waals surface area contributed by atoms with E-state index in [2.05, 4.69) is 22.8 Å². The molecule has 0 radical (unpaired) electrons. The largest absolute Gasteiger partial charge is 0.394 e. The van der Waals surface area contributed by atoms with Gasteiger partial charge in [0.1, 0.15) is 30.5 Å². The minimum Gasteiger partial charge on any atom is -0.394 e. The first-order chi connectivity index (χ1) is 19.1. The molecule has 1 fully saturated rings. The number of nitrogens with one attached hydrogen (secondary N) is 2. The van der Waals surface area contributed by atoms with Gasteiger partial charge in [-0.15, -0.1) is 0 Å². The third kappa shape index (κ3) is 11.8. The van der Waals surface area contributed by atoms with Crippen LogP contribution in [0, 0.1) is 0 Å². The SMILES string of the molecule is CC(=O)N[C@@H](CO[C@H]1OC(CO)[C@H](O)C(O)[C@@H]1O)[C@H](O)[C@H](O)CCCC(=O)NCCCCCCc1ccccc1. The van der Waals surface area contributed by atoms with Crippen molar-refractivity contribution in [2.45, 2.75) is 107 Å². The van der Waals surface area contributed by atoms with Crippen LogP contribution in [0.4, 0.5) is 0 Å². The summed E-state index contributed by atoms with van der Waals surface area (Å²) in [5.74, 6) is -0.650. The molecule has 1 saturated heterocycles. The van der Waals surface area contributed by atoms with Gasteiger partial charge in [0.05, 0.1) is 25.4 Å². The number of carbonyl (C=O) groups excluding carboxylic acids is 2. The smallest absolute Gasteiger partial charge is 0.219 e. The number of aliphatic hydroxyl groups excluding tert-OH is 6. The molecule has 228 valence electrons. The van der Waals surface area contributed by atoms with Gasteiger partial charge < -0.3 is 50.7 Å². The Labute approximate surface area is 235 Å². The van der Waals surface area contributed by atoms with E-state index in [9.17, 15) is 40.2 Å². The van der Waals surface area contributed by atoms with Crippen molar-refractivity contribution < 1.29 is 49.7 Å². The zero-order chi connectivity index (χ0) is 29.5. The fourth-order valence-electron chi connectivity index (χ4n) is 4.57. The van der Waals surface area contributed by atoms with Crippen LogP contribution in [0.2, 0.25) is 0 Å².